The molecule has 6 nitrogen and oxygen atoms in total. The number of hydrogen-bond donors (Lipinski definition) is 1. The van der Waals surface area contributed by atoms with Gasteiger partial charge in [0.2, 0.25) is 0 Å². The third kappa shape index (κ3) is 3.34. The van der Waals surface area contributed by atoms with Crippen LogP contribution in [-0.2, 0) is 4.74 Å². The zero-order valence-corrected chi connectivity index (χ0v) is 15.2. The Kier molecular flexibility index (Phi) is 4.22. The SMILES string of the molecule is Cc1ccc2c(=O)n([C@H]3CCN(C(=O)OC(C)(C)C)C3)ccc2c1N. The molecule has 3 rings (SSSR count). The Hall–Kier alpha value is -2.50. The first kappa shape index (κ1) is 17.3. The van der Waals surface area contributed by atoms with Crippen molar-refractivity contribution in [1.82, 2.24) is 9.47 Å². The van der Waals surface area contributed by atoms with E-state index in [2.05, 4.69) is 0 Å². The second kappa shape index (κ2) is 6.10. The molecule has 1 saturated heterocycles. The highest BCUT2D eigenvalue weighted by atomic mass is 16.6. The van der Waals surface area contributed by atoms with Gasteiger partial charge in [-0.15, -0.1) is 0 Å². The molecule has 1 fully saturated rings. The zero-order valence-electron chi connectivity index (χ0n) is 15.2. The average molecular weight is 343 g/mol. The van der Waals surface area contributed by atoms with Crippen molar-refractivity contribution in [3.63, 3.8) is 0 Å². The van der Waals surface area contributed by atoms with Crippen LogP contribution in [0.3, 0.4) is 0 Å². The lowest BCUT2D eigenvalue weighted by Crippen LogP contribution is -2.36. The number of hydrogen-bond acceptors (Lipinski definition) is 4. The minimum atomic E-state index is -0.523. The summed E-state index contributed by atoms with van der Waals surface area (Å²) in [4.78, 5) is 26.7. The van der Waals surface area contributed by atoms with E-state index < -0.39 is 5.60 Å². The van der Waals surface area contributed by atoms with Gasteiger partial charge in [0.15, 0.2) is 0 Å². The normalized spacial score (nSPS) is 17.9. The Labute approximate surface area is 147 Å². The van der Waals surface area contributed by atoms with Gasteiger partial charge < -0.3 is 19.9 Å². The standard InChI is InChI=1S/C19H25N3O3/c1-12-5-6-15-14(16(12)20)8-10-22(17(15)23)13-7-9-21(11-13)18(24)25-19(2,3)4/h5-6,8,10,13H,7,9,11,20H2,1-4H3/t13-/m0/s1. The van der Waals surface area contributed by atoms with Gasteiger partial charge >= 0.3 is 6.09 Å². The van der Waals surface area contributed by atoms with Gasteiger partial charge in [-0.25, -0.2) is 4.79 Å². The highest BCUT2D eigenvalue weighted by Crippen LogP contribution is 2.26. The number of fused-ring (bicyclic) bond motifs is 1. The lowest BCUT2D eigenvalue weighted by Gasteiger charge is -2.24. The maximum atomic E-state index is 12.9. The van der Waals surface area contributed by atoms with Crippen LogP contribution in [0.1, 0.15) is 38.8 Å². The zero-order chi connectivity index (χ0) is 18.4. The van der Waals surface area contributed by atoms with E-state index >= 15 is 0 Å². The number of aryl methyl sites for hydroxylation is 1. The van der Waals surface area contributed by atoms with Crippen LogP contribution < -0.4 is 11.3 Å². The van der Waals surface area contributed by atoms with E-state index in [1.807, 2.05) is 45.9 Å². The van der Waals surface area contributed by atoms with Crippen LogP contribution in [0.4, 0.5) is 10.5 Å². The maximum Gasteiger partial charge on any atom is 0.410 e. The molecule has 134 valence electrons. The number of nitrogens with zero attached hydrogens (tertiary/aromatic N) is 2. The highest BCUT2D eigenvalue weighted by molar-refractivity contribution is 5.93. The number of nitrogens with two attached hydrogens (primary N) is 1. The number of ether oxygens (including phenoxy) is 1. The van der Waals surface area contributed by atoms with Gasteiger partial charge in [0.25, 0.3) is 5.56 Å². The van der Waals surface area contributed by atoms with Crippen LogP contribution in [0.2, 0.25) is 0 Å². The number of rotatable bonds is 1. The predicted molar refractivity (Wildman–Crippen MR) is 98.8 cm³/mol. The molecule has 2 aromatic rings. The number of benzene rings is 1. The van der Waals surface area contributed by atoms with Crippen LogP contribution in [0, 0.1) is 6.92 Å². The quantitative estimate of drug-likeness (QED) is 0.807. The number of likely N-dealkylation sites (tertiary alicyclic amines) is 1. The number of carbonyl (C=O) groups excluding carboxylic acids is 1. The maximum absolute atomic E-state index is 12.9. The summed E-state index contributed by atoms with van der Waals surface area (Å²) in [6.07, 6.45) is 2.18. The van der Waals surface area contributed by atoms with Gasteiger partial charge in [-0.3, -0.25) is 4.79 Å². The molecule has 0 spiro atoms. The van der Waals surface area contributed by atoms with E-state index in [4.69, 9.17) is 10.5 Å². The van der Waals surface area contributed by atoms with E-state index in [-0.39, 0.29) is 17.7 Å². The predicted octanol–water partition coefficient (Wildman–Crippen LogP) is 3.07. The Balaban J connectivity index is 1.86. The van der Waals surface area contributed by atoms with Crippen LogP contribution >= 0.6 is 0 Å². The molecule has 6 heteroatoms. The van der Waals surface area contributed by atoms with E-state index in [1.54, 1.807) is 15.7 Å². The van der Waals surface area contributed by atoms with Crippen molar-refractivity contribution >= 4 is 22.6 Å². The summed E-state index contributed by atoms with van der Waals surface area (Å²) in [7, 11) is 0. The Morgan fingerprint density at radius 1 is 1.24 bits per heavy atom. The van der Waals surface area contributed by atoms with E-state index in [0.717, 1.165) is 17.4 Å². The van der Waals surface area contributed by atoms with Crippen molar-refractivity contribution in [2.45, 2.75) is 45.8 Å². The van der Waals surface area contributed by atoms with Crippen molar-refractivity contribution in [2.75, 3.05) is 18.8 Å². The smallest absolute Gasteiger partial charge is 0.410 e. The van der Waals surface area contributed by atoms with Gasteiger partial charge in [0.1, 0.15) is 5.60 Å². The fourth-order valence-electron chi connectivity index (χ4n) is 3.22. The van der Waals surface area contributed by atoms with Crippen molar-refractivity contribution < 1.29 is 9.53 Å². The third-order valence-corrected chi connectivity index (χ3v) is 4.58. The summed E-state index contributed by atoms with van der Waals surface area (Å²) in [5.41, 5.74) is 7.10. The summed E-state index contributed by atoms with van der Waals surface area (Å²) >= 11 is 0. The minimum Gasteiger partial charge on any atom is -0.444 e. The fourth-order valence-corrected chi connectivity index (χ4v) is 3.22. The minimum absolute atomic E-state index is 0.0491. The second-order valence-corrected chi connectivity index (χ2v) is 7.65. The largest absolute Gasteiger partial charge is 0.444 e. The number of carbonyl (C=O) groups is 1. The number of nitrogen functional groups attached to an aromatic ring is 1. The molecule has 1 aliphatic heterocycles. The lowest BCUT2D eigenvalue weighted by atomic mass is 10.1. The lowest BCUT2D eigenvalue weighted by molar-refractivity contribution is 0.0289. The molecule has 2 N–H and O–H groups in total. The van der Waals surface area contributed by atoms with Crippen LogP contribution in [0.5, 0.6) is 0 Å². The van der Waals surface area contributed by atoms with Crippen LogP contribution in [-0.4, -0.2) is 34.3 Å². The van der Waals surface area contributed by atoms with Crippen molar-refractivity contribution in [2.24, 2.45) is 0 Å². The summed E-state index contributed by atoms with van der Waals surface area (Å²) in [6.45, 7) is 8.52. The molecule has 25 heavy (non-hydrogen) atoms. The summed E-state index contributed by atoms with van der Waals surface area (Å²) in [5, 5.41) is 1.39. The van der Waals surface area contributed by atoms with Gasteiger partial charge in [0, 0.05) is 35.7 Å². The van der Waals surface area contributed by atoms with Crippen molar-refractivity contribution in [1.29, 1.82) is 0 Å². The van der Waals surface area contributed by atoms with Crippen molar-refractivity contribution in [3.8, 4) is 0 Å². The van der Waals surface area contributed by atoms with Crippen LogP contribution in [0.15, 0.2) is 29.2 Å². The highest BCUT2D eigenvalue weighted by Gasteiger charge is 2.31. The Bertz CT molecular complexity index is 880. The molecule has 0 saturated carbocycles. The molecule has 1 aliphatic rings. The summed E-state index contributed by atoms with van der Waals surface area (Å²) in [5.74, 6) is 0. The second-order valence-electron chi connectivity index (χ2n) is 7.65. The van der Waals surface area contributed by atoms with E-state index in [0.29, 0.717) is 24.2 Å². The molecule has 1 aromatic heterocycles. The molecular formula is C19H25N3O3. The molecule has 1 aromatic carbocycles. The molecule has 2 heterocycles. The molecule has 0 radical (unpaired) electrons. The fraction of sp³-hybridized carbons (Fsp3) is 0.474. The number of pyridine rings is 1. The average Bonchev–Trinajstić information content (AvgIpc) is 2.99. The van der Waals surface area contributed by atoms with E-state index in [1.165, 1.54) is 0 Å². The number of amides is 1. The first-order chi connectivity index (χ1) is 11.7. The molecule has 0 bridgehead atoms. The molecule has 1 atom stereocenters. The van der Waals surface area contributed by atoms with Crippen LogP contribution in [0.25, 0.3) is 10.8 Å². The molecule has 0 aliphatic carbocycles. The Morgan fingerprint density at radius 3 is 2.64 bits per heavy atom. The molecule has 0 unspecified atom stereocenters. The molecular weight excluding hydrogens is 318 g/mol. The van der Waals surface area contributed by atoms with Crippen molar-refractivity contribution in [3.05, 3.63) is 40.3 Å². The topological polar surface area (TPSA) is 77.6 Å². The monoisotopic (exact) mass is 343 g/mol. The van der Waals surface area contributed by atoms with E-state index in [9.17, 15) is 9.59 Å². The number of aromatic nitrogens is 1. The third-order valence-electron chi connectivity index (χ3n) is 4.58. The van der Waals surface area contributed by atoms with Gasteiger partial charge in [0.05, 0.1) is 6.04 Å². The summed E-state index contributed by atoms with van der Waals surface area (Å²) < 4.78 is 7.13. The van der Waals surface area contributed by atoms with Gasteiger partial charge in [-0.1, -0.05) is 6.07 Å². The number of anilines is 1. The van der Waals surface area contributed by atoms with Gasteiger partial charge in [-0.05, 0) is 51.8 Å². The van der Waals surface area contributed by atoms with Gasteiger partial charge in [-0.2, -0.15) is 0 Å². The first-order valence-electron chi connectivity index (χ1n) is 8.55. The first-order valence-corrected chi connectivity index (χ1v) is 8.55. The molecule has 1 amide bonds. The Morgan fingerprint density at radius 2 is 1.96 bits per heavy atom. The summed E-state index contributed by atoms with van der Waals surface area (Å²) in [6, 6.07) is 5.52.